The zero-order valence-corrected chi connectivity index (χ0v) is 18.8. The fourth-order valence-electron chi connectivity index (χ4n) is 3.88. The molecule has 0 aliphatic carbocycles. The number of esters is 1. The number of hydrogen-bond acceptors (Lipinski definition) is 9. The third-order valence-corrected chi connectivity index (χ3v) is 6.31. The summed E-state index contributed by atoms with van der Waals surface area (Å²) in [5.41, 5.74) is 1.14. The number of aliphatic hydroxyl groups is 1. The van der Waals surface area contributed by atoms with Gasteiger partial charge in [0.25, 0.3) is 5.91 Å². The second-order valence-corrected chi connectivity index (χ2v) is 8.69. The molecule has 1 unspecified atom stereocenters. The van der Waals surface area contributed by atoms with Gasteiger partial charge in [-0.15, -0.1) is 10.2 Å². The van der Waals surface area contributed by atoms with Crippen LogP contribution in [0.15, 0.2) is 70.3 Å². The third-order valence-electron chi connectivity index (χ3n) is 5.47. The number of para-hydroxylation sites is 1. The molecule has 0 saturated carbocycles. The number of carbonyl (C=O) groups is 3. The highest BCUT2D eigenvalue weighted by Crippen LogP contribution is 2.43. The van der Waals surface area contributed by atoms with Crippen molar-refractivity contribution < 1.29 is 28.6 Å². The van der Waals surface area contributed by atoms with E-state index in [2.05, 4.69) is 10.2 Å². The molecule has 0 fully saturated rings. The lowest BCUT2D eigenvalue weighted by molar-refractivity contribution is -0.117. The number of fused-ring (bicyclic) bond motifs is 1. The molecule has 0 bridgehead atoms. The number of ether oxygens (including phenoxy) is 1. The summed E-state index contributed by atoms with van der Waals surface area (Å²) in [5.74, 6) is -2.64. The topological polar surface area (TPSA) is 123 Å². The summed E-state index contributed by atoms with van der Waals surface area (Å²) in [4.78, 5) is 39.8. The highest BCUT2D eigenvalue weighted by Gasteiger charge is 2.46. The maximum absolute atomic E-state index is 13.6. The van der Waals surface area contributed by atoms with Gasteiger partial charge in [-0.3, -0.25) is 14.5 Å². The summed E-state index contributed by atoms with van der Waals surface area (Å²) in [5, 5.41) is 20.4. The fraction of sp³-hybridized carbons (Fsp3) is 0.125. The van der Waals surface area contributed by atoms with Gasteiger partial charge in [0.2, 0.25) is 10.9 Å². The van der Waals surface area contributed by atoms with Crippen LogP contribution < -0.4 is 4.90 Å². The van der Waals surface area contributed by atoms with Crippen molar-refractivity contribution in [3.8, 4) is 0 Å². The van der Waals surface area contributed by atoms with Crippen molar-refractivity contribution in [2.45, 2.75) is 13.0 Å². The van der Waals surface area contributed by atoms with Crippen molar-refractivity contribution in [2.24, 2.45) is 0 Å². The molecule has 1 aliphatic heterocycles. The zero-order valence-electron chi connectivity index (χ0n) is 18.0. The fourth-order valence-corrected chi connectivity index (χ4v) is 4.59. The number of benzene rings is 2. The number of aliphatic hydroxyl groups excluding tert-OH is 1. The number of Topliss-reactive ketones (excluding diaryl/α,β-unsaturated/α-hetero) is 1. The summed E-state index contributed by atoms with van der Waals surface area (Å²) >= 11 is 1.15. The zero-order chi connectivity index (χ0) is 24.0. The lowest BCUT2D eigenvalue weighted by Gasteiger charge is -2.24. The minimum absolute atomic E-state index is 0.0120. The summed E-state index contributed by atoms with van der Waals surface area (Å²) < 4.78 is 10.4. The molecule has 2 aromatic carbocycles. The van der Waals surface area contributed by atoms with E-state index in [1.807, 2.05) is 6.07 Å². The van der Waals surface area contributed by atoms with Crippen LogP contribution in [0.5, 0.6) is 0 Å². The van der Waals surface area contributed by atoms with E-state index in [0.29, 0.717) is 27.1 Å². The monoisotopic (exact) mass is 475 g/mol. The molecule has 1 aliphatic rings. The minimum atomic E-state index is -1.01. The van der Waals surface area contributed by atoms with Crippen molar-refractivity contribution in [1.82, 2.24) is 10.2 Å². The quantitative estimate of drug-likeness (QED) is 0.337. The van der Waals surface area contributed by atoms with Gasteiger partial charge < -0.3 is 14.3 Å². The molecule has 9 nitrogen and oxygen atoms in total. The van der Waals surface area contributed by atoms with Gasteiger partial charge in [0.05, 0.1) is 24.3 Å². The van der Waals surface area contributed by atoms with Crippen LogP contribution in [0.25, 0.3) is 11.0 Å². The number of ketones is 1. The lowest BCUT2D eigenvalue weighted by Crippen LogP contribution is -2.31. The molecule has 2 aromatic heterocycles. The van der Waals surface area contributed by atoms with E-state index >= 15 is 0 Å². The first-order valence-corrected chi connectivity index (χ1v) is 11.0. The van der Waals surface area contributed by atoms with Crippen LogP contribution in [0.3, 0.4) is 0 Å². The van der Waals surface area contributed by atoms with E-state index in [-0.39, 0.29) is 16.5 Å². The largest absolute Gasteiger partial charge is 0.503 e. The van der Waals surface area contributed by atoms with E-state index in [1.165, 1.54) is 24.1 Å². The Morgan fingerprint density at radius 2 is 1.85 bits per heavy atom. The molecular weight excluding hydrogens is 458 g/mol. The molecule has 170 valence electrons. The number of furan rings is 1. The number of aromatic nitrogens is 2. The second kappa shape index (κ2) is 8.23. The number of rotatable bonds is 5. The Morgan fingerprint density at radius 3 is 2.50 bits per heavy atom. The van der Waals surface area contributed by atoms with Crippen molar-refractivity contribution in [2.75, 3.05) is 12.0 Å². The van der Waals surface area contributed by atoms with Gasteiger partial charge in [-0.25, -0.2) is 4.79 Å². The number of anilines is 1. The summed E-state index contributed by atoms with van der Waals surface area (Å²) in [6.07, 6.45) is 0. The average molecular weight is 475 g/mol. The number of carbonyl (C=O) groups excluding carboxylic acids is 3. The molecular formula is C24H17N3O6S. The van der Waals surface area contributed by atoms with E-state index in [4.69, 9.17) is 9.15 Å². The number of hydrogen-bond donors (Lipinski definition) is 1. The van der Waals surface area contributed by atoms with Gasteiger partial charge in [0.1, 0.15) is 10.6 Å². The summed E-state index contributed by atoms with van der Waals surface area (Å²) in [7, 11) is 1.27. The van der Waals surface area contributed by atoms with Gasteiger partial charge in [-0.05, 0) is 36.8 Å². The van der Waals surface area contributed by atoms with Crippen molar-refractivity contribution in [3.63, 3.8) is 0 Å². The highest BCUT2D eigenvalue weighted by atomic mass is 32.1. The second-order valence-electron chi connectivity index (χ2n) is 7.53. The van der Waals surface area contributed by atoms with Gasteiger partial charge >= 0.3 is 5.97 Å². The summed E-state index contributed by atoms with van der Waals surface area (Å²) in [6, 6.07) is 13.9. The Hall–Kier alpha value is -4.31. The molecule has 1 amide bonds. The van der Waals surface area contributed by atoms with Crippen LogP contribution in [0.1, 0.15) is 37.5 Å². The molecule has 5 rings (SSSR count). The minimum Gasteiger partial charge on any atom is -0.503 e. The van der Waals surface area contributed by atoms with Gasteiger partial charge in [0.15, 0.2) is 11.5 Å². The number of aryl methyl sites for hydroxylation is 1. The Bertz CT molecular complexity index is 1450. The Labute approximate surface area is 196 Å². The van der Waals surface area contributed by atoms with E-state index in [9.17, 15) is 19.5 Å². The Balaban J connectivity index is 1.64. The predicted molar refractivity (Wildman–Crippen MR) is 123 cm³/mol. The number of amides is 1. The van der Waals surface area contributed by atoms with Gasteiger partial charge in [-0.2, -0.15) is 0 Å². The van der Waals surface area contributed by atoms with E-state index in [0.717, 1.165) is 11.3 Å². The van der Waals surface area contributed by atoms with E-state index in [1.54, 1.807) is 43.3 Å². The van der Waals surface area contributed by atoms with Crippen LogP contribution in [0, 0.1) is 6.92 Å². The highest BCUT2D eigenvalue weighted by molar-refractivity contribution is 7.15. The maximum Gasteiger partial charge on any atom is 0.337 e. The molecule has 0 radical (unpaired) electrons. The van der Waals surface area contributed by atoms with Gasteiger partial charge in [-0.1, -0.05) is 41.7 Å². The van der Waals surface area contributed by atoms with Crippen molar-refractivity contribution >= 4 is 45.1 Å². The van der Waals surface area contributed by atoms with Crippen LogP contribution in [0.2, 0.25) is 0 Å². The molecule has 1 atom stereocenters. The Morgan fingerprint density at radius 1 is 1.12 bits per heavy atom. The molecule has 4 aromatic rings. The number of nitrogens with zero attached hydrogens (tertiary/aromatic N) is 3. The van der Waals surface area contributed by atoms with Gasteiger partial charge in [0, 0.05) is 5.39 Å². The van der Waals surface area contributed by atoms with Crippen LogP contribution in [0.4, 0.5) is 5.13 Å². The lowest BCUT2D eigenvalue weighted by atomic mass is 9.94. The first kappa shape index (κ1) is 21.5. The normalized spacial score (nSPS) is 15.9. The van der Waals surface area contributed by atoms with Crippen LogP contribution in [-0.2, 0) is 9.53 Å². The average Bonchev–Trinajstić information content (AvgIpc) is 3.54. The third kappa shape index (κ3) is 3.44. The van der Waals surface area contributed by atoms with Crippen molar-refractivity contribution in [3.05, 3.63) is 87.8 Å². The standard InChI is InChI=1S/C24H17N3O6S/c1-12-25-26-24(34-12)27-19(13-7-9-14(10-8-13)23(31)32-2)18(21(29)22(27)30)20(28)17-11-15-5-3-4-6-16(15)33-17/h3-11,19,29H,1-2H3. The SMILES string of the molecule is COC(=O)c1ccc(C2C(C(=O)c3cc4ccccc4o3)=C(O)C(=O)N2c2nnc(C)s2)cc1. The maximum atomic E-state index is 13.6. The molecule has 0 spiro atoms. The van der Waals surface area contributed by atoms with E-state index < -0.39 is 29.5 Å². The van der Waals surface area contributed by atoms with Crippen LogP contribution >= 0.6 is 11.3 Å². The molecule has 10 heteroatoms. The molecule has 0 saturated heterocycles. The smallest absolute Gasteiger partial charge is 0.337 e. The predicted octanol–water partition coefficient (Wildman–Crippen LogP) is 4.16. The first-order valence-electron chi connectivity index (χ1n) is 10.2. The van der Waals surface area contributed by atoms with Crippen LogP contribution in [-0.4, -0.2) is 40.1 Å². The summed E-state index contributed by atoms with van der Waals surface area (Å²) in [6.45, 7) is 1.73. The number of methoxy groups -OCH3 is 1. The molecule has 3 heterocycles. The Kier molecular flexibility index (Phi) is 5.21. The molecule has 1 N–H and O–H groups in total. The molecule has 34 heavy (non-hydrogen) atoms. The van der Waals surface area contributed by atoms with Crippen molar-refractivity contribution in [1.29, 1.82) is 0 Å². The first-order chi connectivity index (χ1) is 16.4.